The molecule has 0 fully saturated rings. The Hall–Kier alpha value is -5.28. The summed E-state index contributed by atoms with van der Waals surface area (Å²) < 4.78 is 6.08. The molecule has 1 aromatic heterocycles. The number of nitrogens with zero attached hydrogens (tertiary/aromatic N) is 1. The second kappa shape index (κ2) is 9.88. The zero-order valence-electron chi connectivity index (χ0n) is 21.3. The maximum Gasteiger partial charge on any atom is 0.135 e. The average Bonchev–Trinajstić information content (AvgIpc) is 3.37. The van der Waals surface area contributed by atoms with Crippen molar-refractivity contribution in [1.29, 1.82) is 0 Å². The van der Waals surface area contributed by atoms with E-state index in [9.17, 15) is 0 Å². The maximum atomic E-state index is 6.08. The summed E-state index contributed by atoms with van der Waals surface area (Å²) in [5.41, 5.74) is 9.60. The lowest BCUT2D eigenvalue weighted by Crippen LogP contribution is -2.09. The van der Waals surface area contributed by atoms with Crippen molar-refractivity contribution in [1.82, 2.24) is 0 Å². The first kappa shape index (κ1) is 22.9. The van der Waals surface area contributed by atoms with E-state index < -0.39 is 0 Å². The number of benzene rings is 6. The fraction of sp³-hybridized carbons (Fsp3) is 0. The lowest BCUT2D eigenvalue weighted by molar-refractivity contribution is 0.669. The lowest BCUT2D eigenvalue weighted by atomic mass is 10.0. The Balaban J connectivity index is 1.22. The largest absolute Gasteiger partial charge is 0.456 e. The van der Waals surface area contributed by atoms with Crippen molar-refractivity contribution in [2.24, 2.45) is 0 Å². The second-order valence-electron chi connectivity index (χ2n) is 9.56. The Morgan fingerprint density at radius 2 is 0.949 bits per heavy atom. The predicted molar refractivity (Wildman–Crippen MR) is 164 cm³/mol. The summed E-state index contributed by atoms with van der Waals surface area (Å²) in [4.78, 5) is 2.29. The van der Waals surface area contributed by atoms with Crippen LogP contribution in [-0.4, -0.2) is 0 Å². The van der Waals surface area contributed by atoms with Gasteiger partial charge < -0.3 is 14.6 Å². The molecule has 0 saturated carbocycles. The summed E-state index contributed by atoms with van der Waals surface area (Å²) in [5.74, 6) is 0. The van der Waals surface area contributed by atoms with Gasteiger partial charge >= 0.3 is 0 Å². The highest BCUT2D eigenvalue weighted by Crippen LogP contribution is 2.39. The van der Waals surface area contributed by atoms with Gasteiger partial charge in [0.1, 0.15) is 11.2 Å². The smallest absolute Gasteiger partial charge is 0.135 e. The van der Waals surface area contributed by atoms with E-state index in [4.69, 9.17) is 4.42 Å². The van der Waals surface area contributed by atoms with Crippen molar-refractivity contribution in [3.8, 4) is 11.1 Å². The molecule has 0 aliphatic rings. The predicted octanol–water partition coefficient (Wildman–Crippen LogP) is 10.5. The minimum absolute atomic E-state index is 0.897. The highest BCUT2D eigenvalue weighted by atomic mass is 16.3. The molecule has 7 aromatic rings. The molecule has 186 valence electrons. The standard InChI is InChI=1S/C36H26N2O/c1-3-9-28(10-4-1)37-29-19-15-26(16-20-29)27-17-21-31(22-18-27)38(30-11-5-2-6-12-30)32-23-24-36-34(25-32)33-13-7-8-14-35(33)39-36/h1-25,37H. The van der Waals surface area contributed by atoms with Crippen LogP contribution < -0.4 is 10.2 Å². The van der Waals surface area contributed by atoms with Gasteiger partial charge in [0, 0.05) is 39.2 Å². The number of rotatable bonds is 6. The van der Waals surface area contributed by atoms with Crippen molar-refractivity contribution in [3.05, 3.63) is 152 Å². The molecule has 0 aliphatic carbocycles. The van der Waals surface area contributed by atoms with Crippen LogP contribution >= 0.6 is 0 Å². The Morgan fingerprint density at radius 3 is 1.69 bits per heavy atom. The summed E-state index contributed by atoms with van der Waals surface area (Å²) in [6, 6.07) is 52.7. The first-order chi connectivity index (χ1) is 19.3. The molecular weight excluding hydrogens is 476 g/mol. The van der Waals surface area contributed by atoms with Gasteiger partial charge in [-0.3, -0.25) is 0 Å². The van der Waals surface area contributed by atoms with Crippen molar-refractivity contribution < 1.29 is 4.42 Å². The fourth-order valence-electron chi connectivity index (χ4n) is 5.11. The highest BCUT2D eigenvalue weighted by molar-refractivity contribution is 6.06. The second-order valence-corrected chi connectivity index (χ2v) is 9.56. The van der Waals surface area contributed by atoms with Crippen LogP contribution in [0.2, 0.25) is 0 Å². The normalized spacial score (nSPS) is 11.1. The van der Waals surface area contributed by atoms with Crippen LogP contribution in [0, 0.1) is 0 Å². The number of anilines is 5. The van der Waals surface area contributed by atoms with Gasteiger partial charge in [-0.05, 0) is 83.9 Å². The molecule has 3 nitrogen and oxygen atoms in total. The average molecular weight is 503 g/mol. The molecule has 0 unspecified atom stereocenters. The van der Waals surface area contributed by atoms with Crippen LogP contribution in [0.4, 0.5) is 28.4 Å². The van der Waals surface area contributed by atoms with Gasteiger partial charge in [-0.25, -0.2) is 0 Å². The third-order valence-electron chi connectivity index (χ3n) is 7.04. The number of hydrogen-bond donors (Lipinski definition) is 1. The van der Waals surface area contributed by atoms with Gasteiger partial charge in [-0.15, -0.1) is 0 Å². The number of nitrogens with one attached hydrogen (secondary N) is 1. The van der Waals surface area contributed by atoms with Crippen molar-refractivity contribution >= 4 is 50.4 Å². The zero-order chi connectivity index (χ0) is 26.0. The summed E-state index contributed by atoms with van der Waals surface area (Å²) in [6.07, 6.45) is 0. The molecule has 0 saturated heterocycles. The number of fused-ring (bicyclic) bond motifs is 3. The third kappa shape index (κ3) is 4.51. The maximum absolute atomic E-state index is 6.08. The van der Waals surface area contributed by atoms with Crippen LogP contribution in [0.3, 0.4) is 0 Å². The van der Waals surface area contributed by atoms with Crippen LogP contribution in [-0.2, 0) is 0 Å². The first-order valence-electron chi connectivity index (χ1n) is 13.1. The molecule has 7 rings (SSSR count). The van der Waals surface area contributed by atoms with E-state index in [0.29, 0.717) is 0 Å². The minimum atomic E-state index is 0.897. The van der Waals surface area contributed by atoms with Crippen molar-refractivity contribution in [2.45, 2.75) is 0 Å². The number of para-hydroxylation sites is 3. The Kier molecular flexibility index (Phi) is 5.80. The number of furan rings is 1. The summed E-state index contributed by atoms with van der Waals surface area (Å²) in [6.45, 7) is 0. The molecule has 6 aromatic carbocycles. The molecule has 0 amide bonds. The van der Waals surface area contributed by atoms with Gasteiger partial charge in [0.15, 0.2) is 0 Å². The molecule has 0 aliphatic heterocycles. The lowest BCUT2D eigenvalue weighted by Gasteiger charge is -2.25. The SMILES string of the molecule is c1ccc(Nc2ccc(-c3ccc(N(c4ccccc4)c4ccc5oc6ccccc6c5c4)cc3)cc2)cc1. The van der Waals surface area contributed by atoms with Gasteiger partial charge in [0.25, 0.3) is 0 Å². The van der Waals surface area contributed by atoms with E-state index in [1.54, 1.807) is 0 Å². The molecule has 0 bridgehead atoms. The molecule has 0 atom stereocenters. The molecule has 0 spiro atoms. The van der Waals surface area contributed by atoms with Crippen molar-refractivity contribution in [3.63, 3.8) is 0 Å². The molecule has 39 heavy (non-hydrogen) atoms. The summed E-state index contributed by atoms with van der Waals surface area (Å²) >= 11 is 0. The Morgan fingerprint density at radius 1 is 0.410 bits per heavy atom. The Bertz CT molecular complexity index is 1860. The molecule has 3 heteroatoms. The van der Waals surface area contributed by atoms with E-state index >= 15 is 0 Å². The molecule has 0 radical (unpaired) electrons. The van der Waals surface area contributed by atoms with E-state index in [-0.39, 0.29) is 0 Å². The van der Waals surface area contributed by atoms with E-state index in [0.717, 1.165) is 50.4 Å². The summed E-state index contributed by atoms with van der Waals surface area (Å²) in [7, 11) is 0. The summed E-state index contributed by atoms with van der Waals surface area (Å²) in [5, 5.41) is 5.69. The molecule has 1 heterocycles. The van der Waals surface area contributed by atoms with E-state index in [2.05, 4.69) is 125 Å². The van der Waals surface area contributed by atoms with Gasteiger partial charge in [0.05, 0.1) is 0 Å². The van der Waals surface area contributed by atoms with Crippen LogP contribution in [0.5, 0.6) is 0 Å². The molecule has 1 N–H and O–H groups in total. The van der Waals surface area contributed by atoms with Crippen LogP contribution in [0.25, 0.3) is 33.1 Å². The minimum Gasteiger partial charge on any atom is -0.456 e. The quantitative estimate of drug-likeness (QED) is 0.245. The molecular formula is C36H26N2O. The van der Waals surface area contributed by atoms with Crippen LogP contribution in [0.1, 0.15) is 0 Å². The fourth-order valence-corrected chi connectivity index (χ4v) is 5.11. The topological polar surface area (TPSA) is 28.4 Å². The van der Waals surface area contributed by atoms with Gasteiger partial charge in [-0.2, -0.15) is 0 Å². The Labute approximate surface area is 227 Å². The van der Waals surface area contributed by atoms with E-state index in [1.165, 1.54) is 11.1 Å². The van der Waals surface area contributed by atoms with Gasteiger partial charge in [-0.1, -0.05) is 78.9 Å². The zero-order valence-corrected chi connectivity index (χ0v) is 21.3. The third-order valence-corrected chi connectivity index (χ3v) is 7.04. The van der Waals surface area contributed by atoms with Gasteiger partial charge in [0.2, 0.25) is 0 Å². The van der Waals surface area contributed by atoms with E-state index in [1.807, 2.05) is 36.4 Å². The first-order valence-corrected chi connectivity index (χ1v) is 13.1. The monoisotopic (exact) mass is 502 g/mol. The number of hydrogen-bond acceptors (Lipinski definition) is 3. The highest BCUT2D eigenvalue weighted by Gasteiger charge is 2.15. The van der Waals surface area contributed by atoms with Crippen molar-refractivity contribution in [2.75, 3.05) is 10.2 Å². The van der Waals surface area contributed by atoms with Crippen LogP contribution in [0.15, 0.2) is 156 Å².